The number of aliphatic hydroxyl groups excluding tert-OH is 1. The van der Waals surface area contributed by atoms with Crippen LogP contribution in [0.3, 0.4) is 0 Å². The minimum atomic E-state index is -0.664. The predicted molar refractivity (Wildman–Crippen MR) is 80.4 cm³/mol. The van der Waals surface area contributed by atoms with Crippen molar-refractivity contribution in [3.63, 3.8) is 0 Å². The largest absolute Gasteiger partial charge is 0.508 e. The fourth-order valence-corrected chi connectivity index (χ4v) is 2.32. The molecule has 2 aromatic rings. The Labute approximate surface area is 119 Å². The molecule has 3 nitrogen and oxygen atoms in total. The van der Waals surface area contributed by atoms with Crippen molar-refractivity contribution in [2.45, 2.75) is 25.5 Å². The van der Waals surface area contributed by atoms with Crippen molar-refractivity contribution in [1.29, 1.82) is 0 Å². The molecular weight excluding hydrogens is 250 g/mol. The second kappa shape index (κ2) is 6.55. The zero-order chi connectivity index (χ0) is 14.5. The van der Waals surface area contributed by atoms with Crippen molar-refractivity contribution >= 4 is 0 Å². The second-order valence-electron chi connectivity index (χ2n) is 5.28. The maximum Gasteiger partial charge on any atom is 0.115 e. The smallest absolute Gasteiger partial charge is 0.115 e. The lowest BCUT2D eigenvalue weighted by molar-refractivity contribution is 0.121. The minimum Gasteiger partial charge on any atom is -0.508 e. The van der Waals surface area contributed by atoms with Crippen LogP contribution >= 0.6 is 0 Å². The van der Waals surface area contributed by atoms with Gasteiger partial charge >= 0.3 is 0 Å². The molecule has 3 heteroatoms. The van der Waals surface area contributed by atoms with Crippen LogP contribution in [-0.4, -0.2) is 16.3 Å². The first-order valence-electron chi connectivity index (χ1n) is 6.84. The number of hydrogen-bond donors (Lipinski definition) is 3. The third-order valence-electron chi connectivity index (χ3n) is 3.66. The standard InChI is InChI=1S/C17H21NO2/c1-12(11-13-7-9-15(19)10-8-13)16(18)17(20)14-5-3-2-4-6-14/h2-10,12,16-17,19-20H,11,18H2,1H3/t12?,16-,17-/m1/s1. The summed E-state index contributed by atoms with van der Waals surface area (Å²) in [6.45, 7) is 2.03. The van der Waals surface area contributed by atoms with Crippen LogP contribution in [0.2, 0.25) is 0 Å². The van der Waals surface area contributed by atoms with Gasteiger partial charge in [-0.15, -0.1) is 0 Å². The lowest BCUT2D eigenvalue weighted by atomic mass is 9.88. The van der Waals surface area contributed by atoms with E-state index in [1.54, 1.807) is 12.1 Å². The van der Waals surface area contributed by atoms with Gasteiger partial charge in [-0.3, -0.25) is 0 Å². The molecule has 0 bridgehead atoms. The molecule has 1 unspecified atom stereocenters. The van der Waals surface area contributed by atoms with E-state index in [9.17, 15) is 10.2 Å². The molecule has 0 fully saturated rings. The van der Waals surface area contributed by atoms with E-state index < -0.39 is 6.10 Å². The van der Waals surface area contributed by atoms with Crippen LogP contribution in [0.4, 0.5) is 0 Å². The fourth-order valence-electron chi connectivity index (χ4n) is 2.32. The predicted octanol–water partition coefficient (Wildman–Crippen LogP) is 2.63. The highest BCUT2D eigenvalue weighted by atomic mass is 16.3. The average Bonchev–Trinajstić information content (AvgIpc) is 2.49. The lowest BCUT2D eigenvalue weighted by Gasteiger charge is -2.25. The van der Waals surface area contributed by atoms with Crippen LogP contribution in [0.25, 0.3) is 0 Å². The second-order valence-corrected chi connectivity index (χ2v) is 5.28. The molecule has 3 atom stereocenters. The number of aliphatic hydroxyl groups is 1. The zero-order valence-corrected chi connectivity index (χ0v) is 11.6. The summed E-state index contributed by atoms with van der Waals surface area (Å²) in [5.74, 6) is 0.393. The van der Waals surface area contributed by atoms with Crippen LogP contribution < -0.4 is 5.73 Å². The van der Waals surface area contributed by atoms with Crippen LogP contribution in [0.5, 0.6) is 5.75 Å². The Balaban J connectivity index is 2.01. The van der Waals surface area contributed by atoms with Gasteiger partial charge in [-0.25, -0.2) is 0 Å². The van der Waals surface area contributed by atoms with Crippen molar-refractivity contribution < 1.29 is 10.2 Å². The normalized spacial score (nSPS) is 15.6. The Bertz CT molecular complexity index is 524. The third-order valence-corrected chi connectivity index (χ3v) is 3.66. The summed E-state index contributed by atoms with van der Waals surface area (Å²) in [6, 6.07) is 16.3. The van der Waals surface area contributed by atoms with Gasteiger partial charge in [-0.1, -0.05) is 49.4 Å². The van der Waals surface area contributed by atoms with Crippen LogP contribution in [-0.2, 0) is 6.42 Å². The molecule has 0 aliphatic heterocycles. The van der Waals surface area contributed by atoms with E-state index in [2.05, 4.69) is 0 Å². The summed E-state index contributed by atoms with van der Waals surface area (Å²) in [7, 11) is 0. The topological polar surface area (TPSA) is 66.5 Å². The average molecular weight is 271 g/mol. The molecular formula is C17H21NO2. The number of rotatable bonds is 5. The number of phenols is 1. The monoisotopic (exact) mass is 271 g/mol. The molecule has 0 amide bonds. The lowest BCUT2D eigenvalue weighted by Crippen LogP contribution is -2.36. The van der Waals surface area contributed by atoms with Gasteiger partial charge in [0.15, 0.2) is 0 Å². The molecule has 0 saturated heterocycles. The van der Waals surface area contributed by atoms with E-state index in [4.69, 9.17) is 5.73 Å². The first-order valence-corrected chi connectivity index (χ1v) is 6.84. The maximum atomic E-state index is 10.3. The van der Waals surface area contributed by atoms with Crippen molar-refractivity contribution in [1.82, 2.24) is 0 Å². The van der Waals surface area contributed by atoms with Gasteiger partial charge in [-0.05, 0) is 35.6 Å². The molecule has 0 aromatic heterocycles. The Morgan fingerprint density at radius 1 is 1.00 bits per heavy atom. The first kappa shape index (κ1) is 14.6. The highest BCUT2D eigenvalue weighted by Gasteiger charge is 2.22. The third kappa shape index (κ3) is 3.59. The Kier molecular flexibility index (Phi) is 4.77. The molecule has 0 aliphatic rings. The molecule has 0 spiro atoms. The number of benzene rings is 2. The van der Waals surface area contributed by atoms with E-state index in [-0.39, 0.29) is 17.7 Å². The molecule has 106 valence electrons. The van der Waals surface area contributed by atoms with E-state index >= 15 is 0 Å². The number of aromatic hydroxyl groups is 1. The number of hydrogen-bond acceptors (Lipinski definition) is 3. The number of nitrogens with two attached hydrogens (primary N) is 1. The van der Waals surface area contributed by atoms with E-state index in [1.165, 1.54) is 0 Å². The van der Waals surface area contributed by atoms with E-state index in [0.29, 0.717) is 0 Å². The summed E-state index contributed by atoms with van der Waals surface area (Å²) in [4.78, 5) is 0. The Morgan fingerprint density at radius 2 is 1.60 bits per heavy atom. The van der Waals surface area contributed by atoms with Gasteiger partial charge < -0.3 is 15.9 Å². The van der Waals surface area contributed by atoms with E-state index in [0.717, 1.165) is 17.5 Å². The number of phenolic OH excluding ortho intramolecular Hbond substituents is 1. The highest BCUT2D eigenvalue weighted by Crippen LogP contribution is 2.23. The zero-order valence-electron chi connectivity index (χ0n) is 11.6. The molecule has 0 aliphatic carbocycles. The van der Waals surface area contributed by atoms with Crippen LogP contribution in [0, 0.1) is 5.92 Å². The van der Waals surface area contributed by atoms with Crippen molar-refractivity contribution in [3.05, 3.63) is 65.7 Å². The highest BCUT2D eigenvalue weighted by molar-refractivity contribution is 5.26. The maximum absolute atomic E-state index is 10.3. The van der Waals surface area contributed by atoms with Gasteiger partial charge in [0.05, 0.1) is 6.10 Å². The molecule has 20 heavy (non-hydrogen) atoms. The first-order chi connectivity index (χ1) is 9.58. The van der Waals surface area contributed by atoms with Crippen molar-refractivity contribution in [3.8, 4) is 5.75 Å². The molecule has 0 heterocycles. The molecule has 4 N–H and O–H groups in total. The summed E-state index contributed by atoms with van der Waals surface area (Å²) in [5, 5.41) is 19.6. The quantitative estimate of drug-likeness (QED) is 0.783. The SMILES string of the molecule is CC(Cc1ccc(O)cc1)[C@@H](N)[C@H](O)c1ccccc1. The van der Waals surface area contributed by atoms with Crippen molar-refractivity contribution in [2.75, 3.05) is 0 Å². The summed E-state index contributed by atoms with van der Waals surface area (Å²) in [6.07, 6.45) is 0.106. The molecule has 0 saturated carbocycles. The van der Waals surface area contributed by atoms with Gasteiger partial charge in [0.25, 0.3) is 0 Å². The van der Waals surface area contributed by atoms with Crippen molar-refractivity contribution in [2.24, 2.45) is 11.7 Å². The van der Waals surface area contributed by atoms with E-state index in [1.807, 2.05) is 49.4 Å². The molecule has 2 aromatic carbocycles. The van der Waals surface area contributed by atoms with Gasteiger partial charge in [-0.2, -0.15) is 0 Å². The minimum absolute atomic E-state index is 0.134. The molecule has 2 rings (SSSR count). The Morgan fingerprint density at radius 3 is 2.20 bits per heavy atom. The van der Waals surface area contributed by atoms with Crippen LogP contribution in [0.15, 0.2) is 54.6 Å². The summed E-state index contributed by atoms with van der Waals surface area (Å²) >= 11 is 0. The van der Waals surface area contributed by atoms with Gasteiger partial charge in [0.2, 0.25) is 0 Å². The fraction of sp³-hybridized carbons (Fsp3) is 0.294. The van der Waals surface area contributed by atoms with Crippen LogP contribution in [0.1, 0.15) is 24.2 Å². The summed E-state index contributed by atoms with van der Waals surface area (Å²) in [5.41, 5.74) is 8.12. The molecule has 0 radical (unpaired) electrons. The summed E-state index contributed by atoms with van der Waals surface area (Å²) < 4.78 is 0. The van der Waals surface area contributed by atoms with Gasteiger partial charge in [0, 0.05) is 6.04 Å². The van der Waals surface area contributed by atoms with Gasteiger partial charge in [0.1, 0.15) is 5.75 Å². The Hall–Kier alpha value is -1.84.